The molecule has 13 heteroatoms. The van der Waals surface area contributed by atoms with Crippen molar-refractivity contribution in [2.24, 2.45) is 0 Å². The molecule has 0 spiro atoms. The molecule has 0 radical (unpaired) electrons. The lowest BCUT2D eigenvalue weighted by atomic mass is 10.2. The zero-order chi connectivity index (χ0) is 22.7. The van der Waals surface area contributed by atoms with Gasteiger partial charge in [-0.2, -0.15) is 0 Å². The number of carbonyl (C=O) groups excluding carboxylic acids is 1. The summed E-state index contributed by atoms with van der Waals surface area (Å²) in [6, 6.07) is 9.91. The maximum atomic E-state index is 12.7. The Kier molecular flexibility index (Phi) is 6.19. The average Bonchev–Trinajstić information content (AvgIpc) is 3.10. The Labute approximate surface area is 185 Å². The van der Waals surface area contributed by atoms with Crippen molar-refractivity contribution < 1.29 is 31.5 Å². The molecule has 32 heavy (non-hydrogen) atoms. The van der Waals surface area contributed by atoms with E-state index in [4.69, 9.17) is 9.47 Å². The molecule has 0 bridgehead atoms. The van der Waals surface area contributed by atoms with Crippen molar-refractivity contribution in [3.63, 3.8) is 0 Å². The van der Waals surface area contributed by atoms with Crippen LogP contribution in [0.3, 0.4) is 0 Å². The van der Waals surface area contributed by atoms with Gasteiger partial charge in [-0.3, -0.25) is 14.8 Å². The smallest absolute Gasteiger partial charge is 0.291 e. The van der Waals surface area contributed by atoms with Gasteiger partial charge in [-0.05, 0) is 36.4 Å². The SMILES string of the molecule is O=C(Nc1nnc(C(F)F)s1)c1ccc(NS(=O)(=O)c2ccc3c(c2)OCCCO3)cc1. The summed E-state index contributed by atoms with van der Waals surface area (Å²) in [7, 11) is -3.92. The molecule has 0 unspecified atom stereocenters. The van der Waals surface area contributed by atoms with Crippen LogP contribution in [-0.4, -0.2) is 37.7 Å². The molecule has 1 aliphatic heterocycles. The molecule has 0 saturated carbocycles. The normalized spacial score (nSPS) is 13.5. The number of amides is 1. The fraction of sp³-hybridized carbons (Fsp3) is 0.211. The number of nitrogens with one attached hydrogen (secondary N) is 2. The van der Waals surface area contributed by atoms with Crippen LogP contribution in [0.1, 0.15) is 28.2 Å². The van der Waals surface area contributed by atoms with Crippen molar-refractivity contribution in [3.8, 4) is 11.5 Å². The van der Waals surface area contributed by atoms with E-state index in [1.807, 2.05) is 0 Å². The van der Waals surface area contributed by atoms with Gasteiger partial charge in [0.1, 0.15) is 0 Å². The molecule has 4 rings (SSSR count). The highest BCUT2D eigenvalue weighted by atomic mass is 32.2. The number of nitrogens with zero attached hydrogens (tertiary/aromatic N) is 2. The number of alkyl halides is 2. The van der Waals surface area contributed by atoms with Crippen LogP contribution in [-0.2, 0) is 10.0 Å². The number of anilines is 2. The second kappa shape index (κ2) is 9.04. The maximum absolute atomic E-state index is 12.7. The predicted molar refractivity (Wildman–Crippen MR) is 112 cm³/mol. The van der Waals surface area contributed by atoms with E-state index < -0.39 is 27.4 Å². The first kappa shape index (κ1) is 21.9. The van der Waals surface area contributed by atoms with E-state index in [0.29, 0.717) is 42.5 Å². The lowest BCUT2D eigenvalue weighted by Crippen LogP contribution is -2.14. The lowest BCUT2D eigenvalue weighted by Gasteiger charge is -2.12. The Morgan fingerprint density at radius 1 is 1.03 bits per heavy atom. The highest BCUT2D eigenvalue weighted by molar-refractivity contribution is 7.92. The van der Waals surface area contributed by atoms with E-state index in [-0.39, 0.29) is 21.3 Å². The molecule has 1 amide bonds. The fourth-order valence-electron chi connectivity index (χ4n) is 2.76. The summed E-state index contributed by atoms with van der Waals surface area (Å²) in [6.45, 7) is 0.914. The quantitative estimate of drug-likeness (QED) is 0.550. The first-order chi connectivity index (χ1) is 15.3. The van der Waals surface area contributed by atoms with E-state index in [9.17, 15) is 22.0 Å². The molecule has 1 aromatic heterocycles. The van der Waals surface area contributed by atoms with Crippen LogP contribution < -0.4 is 19.5 Å². The van der Waals surface area contributed by atoms with Crippen LogP contribution in [0.25, 0.3) is 0 Å². The Morgan fingerprint density at radius 3 is 2.44 bits per heavy atom. The summed E-state index contributed by atoms with van der Waals surface area (Å²) in [5, 5.41) is 8.58. The Bertz CT molecular complexity index is 1230. The predicted octanol–water partition coefficient (Wildman–Crippen LogP) is 3.69. The molecule has 2 heterocycles. The van der Waals surface area contributed by atoms with Crippen molar-refractivity contribution in [2.75, 3.05) is 23.3 Å². The van der Waals surface area contributed by atoms with Crippen molar-refractivity contribution in [1.82, 2.24) is 10.2 Å². The summed E-state index contributed by atoms with van der Waals surface area (Å²) < 4.78 is 64.1. The summed E-state index contributed by atoms with van der Waals surface area (Å²) in [6.07, 6.45) is -2.08. The van der Waals surface area contributed by atoms with Gasteiger partial charge in [0, 0.05) is 23.7 Å². The fourth-order valence-corrected chi connectivity index (χ4v) is 4.42. The number of ether oxygens (including phenoxy) is 2. The molecular formula is C19H16F2N4O5S2. The largest absolute Gasteiger partial charge is 0.490 e. The van der Waals surface area contributed by atoms with E-state index in [1.165, 1.54) is 42.5 Å². The Hall–Kier alpha value is -3.32. The first-order valence-electron chi connectivity index (χ1n) is 9.27. The minimum atomic E-state index is -3.92. The number of aromatic nitrogens is 2. The zero-order valence-electron chi connectivity index (χ0n) is 16.2. The maximum Gasteiger partial charge on any atom is 0.291 e. The number of hydrogen-bond acceptors (Lipinski definition) is 8. The summed E-state index contributed by atoms with van der Waals surface area (Å²) in [5.41, 5.74) is 0.405. The number of halogens is 2. The monoisotopic (exact) mass is 482 g/mol. The molecule has 3 aromatic rings. The number of hydrogen-bond donors (Lipinski definition) is 2. The first-order valence-corrected chi connectivity index (χ1v) is 11.6. The Morgan fingerprint density at radius 2 is 1.75 bits per heavy atom. The zero-order valence-corrected chi connectivity index (χ0v) is 17.9. The highest BCUT2D eigenvalue weighted by Crippen LogP contribution is 2.32. The third kappa shape index (κ3) is 4.94. The second-order valence-corrected chi connectivity index (χ2v) is 9.23. The standard InChI is InChI=1S/C19H16F2N4O5S2/c20-16(21)18-23-24-19(31-18)22-17(26)11-2-4-12(5-3-11)25-32(27,28)13-6-7-14-15(10-13)30-9-1-8-29-14/h2-7,10,16,25H,1,8-9H2,(H,22,24,26). The van der Waals surface area contributed by atoms with Gasteiger partial charge in [0.05, 0.1) is 18.1 Å². The molecule has 0 atom stereocenters. The number of benzene rings is 2. The molecule has 2 N–H and O–H groups in total. The summed E-state index contributed by atoms with van der Waals surface area (Å²) in [4.78, 5) is 12.2. The van der Waals surface area contributed by atoms with Gasteiger partial charge >= 0.3 is 0 Å². The third-order valence-electron chi connectivity index (χ3n) is 4.28. The molecule has 0 fully saturated rings. The Balaban J connectivity index is 1.44. The van der Waals surface area contributed by atoms with Gasteiger partial charge in [-0.25, -0.2) is 17.2 Å². The molecule has 9 nitrogen and oxygen atoms in total. The molecular weight excluding hydrogens is 466 g/mol. The number of carbonyl (C=O) groups is 1. The van der Waals surface area contributed by atoms with E-state index in [2.05, 4.69) is 20.2 Å². The van der Waals surface area contributed by atoms with E-state index in [0.717, 1.165) is 0 Å². The molecule has 0 saturated heterocycles. The van der Waals surface area contributed by atoms with Gasteiger partial charge in [0.25, 0.3) is 22.4 Å². The minimum Gasteiger partial charge on any atom is -0.490 e. The van der Waals surface area contributed by atoms with Crippen molar-refractivity contribution >= 4 is 38.1 Å². The van der Waals surface area contributed by atoms with E-state index >= 15 is 0 Å². The second-order valence-electron chi connectivity index (χ2n) is 6.54. The lowest BCUT2D eigenvalue weighted by molar-refractivity contribution is 0.102. The van der Waals surface area contributed by atoms with Crippen molar-refractivity contribution in [1.29, 1.82) is 0 Å². The number of fused-ring (bicyclic) bond motifs is 1. The van der Waals surface area contributed by atoms with Gasteiger partial charge in [0.2, 0.25) is 5.13 Å². The molecule has 168 valence electrons. The van der Waals surface area contributed by atoms with Gasteiger partial charge in [0.15, 0.2) is 16.5 Å². The van der Waals surface area contributed by atoms with Crippen LogP contribution in [0.2, 0.25) is 0 Å². The van der Waals surface area contributed by atoms with Crippen LogP contribution in [0.15, 0.2) is 47.4 Å². The summed E-state index contributed by atoms with van der Waals surface area (Å²) in [5.74, 6) is 0.233. The minimum absolute atomic E-state index is 0.00493. The molecule has 0 aliphatic carbocycles. The van der Waals surface area contributed by atoms with Gasteiger partial charge < -0.3 is 9.47 Å². The van der Waals surface area contributed by atoms with Crippen molar-refractivity contribution in [2.45, 2.75) is 17.7 Å². The number of rotatable bonds is 6. The average molecular weight is 482 g/mol. The van der Waals surface area contributed by atoms with Crippen molar-refractivity contribution in [3.05, 3.63) is 53.0 Å². The van der Waals surface area contributed by atoms with Crippen LogP contribution in [0, 0.1) is 0 Å². The van der Waals surface area contributed by atoms with Crippen LogP contribution >= 0.6 is 11.3 Å². The summed E-state index contributed by atoms with van der Waals surface area (Å²) >= 11 is 0.569. The van der Waals surface area contributed by atoms with Gasteiger partial charge in [-0.1, -0.05) is 11.3 Å². The number of sulfonamides is 1. The topological polar surface area (TPSA) is 120 Å². The van der Waals surface area contributed by atoms with Crippen LogP contribution in [0.5, 0.6) is 11.5 Å². The third-order valence-corrected chi connectivity index (χ3v) is 6.50. The van der Waals surface area contributed by atoms with E-state index in [1.54, 1.807) is 0 Å². The molecule has 2 aromatic carbocycles. The van der Waals surface area contributed by atoms with Gasteiger partial charge in [-0.15, -0.1) is 10.2 Å². The van der Waals surface area contributed by atoms with Crippen LogP contribution in [0.4, 0.5) is 19.6 Å². The highest BCUT2D eigenvalue weighted by Gasteiger charge is 2.20. The molecule has 1 aliphatic rings.